The lowest BCUT2D eigenvalue weighted by atomic mass is 10.2. The first-order valence-electron chi connectivity index (χ1n) is 5.07. The van der Waals surface area contributed by atoms with Crippen molar-refractivity contribution in [2.75, 3.05) is 5.32 Å². The first kappa shape index (κ1) is 12.7. The number of furan rings is 1. The van der Waals surface area contributed by atoms with Gasteiger partial charge in [0.2, 0.25) is 0 Å². The first-order valence-corrected chi connectivity index (χ1v) is 6.65. The summed E-state index contributed by atoms with van der Waals surface area (Å²) in [5, 5.41) is 12.4. The highest BCUT2D eigenvalue weighted by atomic mass is 79.9. The molecule has 0 unspecified atom stereocenters. The van der Waals surface area contributed by atoms with Gasteiger partial charge in [0.25, 0.3) is 0 Å². The minimum atomic E-state index is 0.0225. The molecule has 1 aromatic heterocycles. The Morgan fingerprint density at radius 2 is 2.00 bits per heavy atom. The highest BCUT2D eigenvalue weighted by Gasteiger charge is 2.06. The molecule has 2 aromatic rings. The van der Waals surface area contributed by atoms with Gasteiger partial charge in [-0.25, -0.2) is 0 Å². The maximum Gasteiger partial charge on any atom is 0.183 e. The standard InChI is InChI=1S/C12H11Br2NO2/c13-10-5-9(17-12(10)14)6-15-11-4-2-1-3-8(11)7-16/h1-5,15-16H,6-7H2. The van der Waals surface area contributed by atoms with Gasteiger partial charge >= 0.3 is 0 Å². The molecule has 0 atom stereocenters. The number of para-hydroxylation sites is 1. The largest absolute Gasteiger partial charge is 0.451 e. The number of nitrogens with one attached hydrogen (secondary N) is 1. The maximum atomic E-state index is 9.19. The van der Waals surface area contributed by atoms with E-state index in [0.717, 1.165) is 21.5 Å². The summed E-state index contributed by atoms with van der Waals surface area (Å²) in [6.45, 7) is 0.593. The lowest BCUT2D eigenvalue weighted by Gasteiger charge is -2.08. The molecule has 0 bridgehead atoms. The van der Waals surface area contributed by atoms with Crippen molar-refractivity contribution in [1.29, 1.82) is 0 Å². The smallest absolute Gasteiger partial charge is 0.183 e. The quantitative estimate of drug-likeness (QED) is 0.868. The van der Waals surface area contributed by atoms with Gasteiger partial charge in [-0.15, -0.1) is 0 Å². The number of halogens is 2. The number of benzene rings is 1. The Labute approximate surface area is 116 Å². The predicted octanol–water partition coefficient (Wildman–Crippen LogP) is 3.91. The summed E-state index contributed by atoms with van der Waals surface area (Å²) in [6.07, 6.45) is 0. The molecule has 0 spiro atoms. The zero-order valence-electron chi connectivity index (χ0n) is 8.91. The van der Waals surface area contributed by atoms with Crippen molar-refractivity contribution in [3.05, 3.63) is 50.8 Å². The lowest BCUT2D eigenvalue weighted by Crippen LogP contribution is -2.01. The van der Waals surface area contributed by atoms with E-state index in [1.807, 2.05) is 30.3 Å². The average Bonchev–Trinajstić information content (AvgIpc) is 2.66. The van der Waals surface area contributed by atoms with Crippen LogP contribution in [0.15, 0.2) is 43.9 Å². The van der Waals surface area contributed by atoms with Crippen LogP contribution in [0.1, 0.15) is 11.3 Å². The van der Waals surface area contributed by atoms with Crippen LogP contribution >= 0.6 is 31.9 Å². The molecule has 3 nitrogen and oxygen atoms in total. The number of anilines is 1. The zero-order chi connectivity index (χ0) is 12.3. The van der Waals surface area contributed by atoms with E-state index in [4.69, 9.17) is 4.42 Å². The van der Waals surface area contributed by atoms with E-state index in [-0.39, 0.29) is 6.61 Å². The van der Waals surface area contributed by atoms with Gasteiger partial charge < -0.3 is 14.8 Å². The minimum Gasteiger partial charge on any atom is -0.451 e. The van der Waals surface area contributed by atoms with E-state index < -0.39 is 0 Å². The van der Waals surface area contributed by atoms with Crippen molar-refractivity contribution in [2.45, 2.75) is 13.2 Å². The van der Waals surface area contributed by atoms with Crippen LogP contribution in [0.4, 0.5) is 5.69 Å². The van der Waals surface area contributed by atoms with Gasteiger partial charge in [0.05, 0.1) is 17.6 Å². The Balaban J connectivity index is 2.07. The molecule has 1 heterocycles. The maximum absolute atomic E-state index is 9.19. The zero-order valence-corrected chi connectivity index (χ0v) is 12.1. The van der Waals surface area contributed by atoms with E-state index in [1.54, 1.807) is 0 Å². The fourth-order valence-corrected chi connectivity index (χ4v) is 2.15. The van der Waals surface area contributed by atoms with Crippen LogP contribution in [0.5, 0.6) is 0 Å². The van der Waals surface area contributed by atoms with Gasteiger partial charge in [0.15, 0.2) is 4.67 Å². The number of aliphatic hydroxyl groups is 1. The third-order valence-electron chi connectivity index (χ3n) is 2.34. The van der Waals surface area contributed by atoms with Crippen molar-refractivity contribution in [3.8, 4) is 0 Å². The number of hydrogen-bond acceptors (Lipinski definition) is 3. The molecule has 90 valence electrons. The van der Waals surface area contributed by atoms with Gasteiger partial charge in [0, 0.05) is 11.3 Å². The fraction of sp³-hybridized carbons (Fsp3) is 0.167. The van der Waals surface area contributed by atoms with Crippen LogP contribution in [0.3, 0.4) is 0 Å². The highest BCUT2D eigenvalue weighted by molar-refractivity contribution is 9.13. The SMILES string of the molecule is OCc1ccccc1NCc1cc(Br)c(Br)o1. The number of rotatable bonds is 4. The Morgan fingerprint density at radius 1 is 1.24 bits per heavy atom. The lowest BCUT2D eigenvalue weighted by molar-refractivity contribution is 0.282. The second kappa shape index (κ2) is 5.71. The van der Waals surface area contributed by atoms with Crippen molar-refractivity contribution >= 4 is 37.5 Å². The molecule has 0 saturated carbocycles. The molecule has 0 amide bonds. The fourth-order valence-electron chi connectivity index (χ4n) is 1.49. The highest BCUT2D eigenvalue weighted by Crippen LogP contribution is 2.27. The molecule has 0 aliphatic carbocycles. The third kappa shape index (κ3) is 3.12. The molecular weight excluding hydrogens is 350 g/mol. The van der Waals surface area contributed by atoms with Gasteiger partial charge in [-0.2, -0.15) is 0 Å². The topological polar surface area (TPSA) is 45.4 Å². The first-order chi connectivity index (χ1) is 8.20. The van der Waals surface area contributed by atoms with Crippen LogP contribution < -0.4 is 5.32 Å². The summed E-state index contributed by atoms with van der Waals surface area (Å²) in [5.41, 5.74) is 1.79. The van der Waals surface area contributed by atoms with E-state index in [1.165, 1.54) is 0 Å². The Morgan fingerprint density at radius 3 is 2.65 bits per heavy atom. The molecular formula is C12H11Br2NO2. The van der Waals surface area contributed by atoms with Crippen molar-refractivity contribution in [2.24, 2.45) is 0 Å². The number of aliphatic hydroxyl groups excluding tert-OH is 1. The summed E-state index contributed by atoms with van der Waals surface area (Å²) in [6, 6.07) is 9.54. The van der Waals surface area contributed by atoms with Crippen LogP contribution in [-0.2, 0) is 13.2 Å². The average molecular weight is 361 g/mol. The van der Waals surface area contributed by atoms with Gasteiger partial charge in [-0.1, -0.05) is 18.2 Å². The van der Waals surface area contributed by atoms with E-state index in [0.29, 0.717) is 11.2 Å². The predicted molar refractivity (Wildman–Crippen MR) is 73.8 cm³/mol. The Kier molecular flexibility index (Phi) is 4.25. The van der Waals surface area contributed by atoms with Crippen LogP contribution in [0.25, 0.3) is 0 Å². The molecule has 1 aromatic carbocycles. The monoisotopic (exact) mass is 359 g/mol. The molecule has 0 saturated heterocycles. The molecule has 17 heavy (non-hydrogen) atoms. The molecule has 0 aliphatic heterocycles. The summed E-state index contributed by atoms with van der Waals surface area (Å²) >= 11 is 6.65. The molecule has 0 radical (unpaired) electrons. The summed E-state index contributed by atoms with van der Waals surface area (Å²) in [4.78, 5) is 0. The van der Waals surface area contributed by atoms with Gasteiger partial charge in [-0.05, 0) is 44.0 Å². The second-order valence-corrected chi connectivity index (χ2v) is 5.08. The molecule has 0 fully saturated rings. The van der Waals surface area contributed by atoms with E-state index in [9.17, 15) is 5.11 Å². The molecule has 2 rings (SSSR count). The molecule has 5 heteroatoms. The second-order valence-electron chi connectivity index (χ2n) is 3.50. The Hall–Kier alpha value is -0.780. The summed E-state index contributed by atoms with van der Waals surface area (Å²) < 4.78 is 7.03. The summed E-state index contributed by atoms with van der Waals surface area (Å²) in [7, 11) is 0. The Bertz CT molecular complexity index is 491. The van der Waals surface area contributed by atoms with Crippen molar-refractivity contribution < 1.29 is 9.52 Å². The van der Waals surface area contributed by atoms with Crippen LogP contribution in [0.2, 0.25) is 0 Å². The minimum absolute atomic E-state index is 0.0225. The van der Waals surface area contributed by atoms with Crippen molar-refractivity contribution in [1.82, 2.24) is 0 Å². The van der Waals surface area contributed by atoms with Crippen molar-refractivity contribution in [3.63, 3.8) is 0 Å². The van der Waals surface area contributed by atoms with E-state index >= 15 is 0 Å². The number of hydrogen-bond donors (Lipinski definition) is 2. The normalized spacial score (nSPS) is 10.5. The van der Waals surface area contributed by atoms with Crippen LogP contribution in [0, 0.1) is 0 Å². The van der Waals surface area contributed by atoms with Crippen LogP contribution in [-0.4, -0.2) is 5.11 Å². The molecule has 2 N–H and O–H groups in total. The van der Waals surface area contributed by atoms with Gasteiger partial charge in [0.1, 0.15) is 5.76 Å². The molecule has 0 aliphatic rings. The third-order valence-corrected chi connectivity index (χ3v) is 4.05. The summed E-state index contributed by atoms with van der Waals surface area (Å²) in [5.74, 6) is 0.816. The van der Waals surface area contributed by atoms with E-state index in [2.05, 4.69) is 37.2 Å². The van der Waals surface area contributed by atoms with Gasteiger partial charge in [-0.3, -0.25) is 0 Å².